The smallest absolute Gasteiger partial charge is 0.326 e. The van der Waals surface area contributed by atoms with E-state index in [4.69, 9.17) is 4.74 Å². The van der Waals surface area contributed by atoms with Crippen molar-refractivity contribution in [3.05, 3.63) is 65.7 Å². The van der Waals surface area contributed by atoms with Crippen molar-refractivity contribution in [3.63, 3.8) is 0 Å². The van der Waals surface area contributed by atoms with Gasteiger partial charge in [0, 0.05) is 6.42 Å². The van der Waals surface area contributed by atoms with Crippen molar-refractivity contribution in [2.75, 3.05) is 7.11 Å². The van der Waals surface area contributed by atoms with Gasteiger partial charge in [0.2, 0.25) is 5.91 Å². The first-order chi connectivity index (χ1) is 13.5. The zero-order valence-electron chi connectivity index (χ0n) is 16.2. The van der Waals surface area contributed by atoms with E-state index in [9.17, 15) is 14.7 Å². The third-order valence-electron chi connectivity index (χ3n) is 5.67. The van der Waals surface area contributed by atoms with E-state index in [1.165, 1.54) is 0 Å². The van der Waals surface area contributed by atoms with E-state index in [-0.39, 0.29) is 12.3 Å². The highest BCUT2D eigenvalue weighted by atomic mass is 16.5. The molecule has 2 aromatic rings. The molecule has 0 spiro atoms. The van der Waals surface area contributed by atoms with E-state index in [2.05, 4.69) is 5.32 Å². The SMILES string of the molecule is COc1ccc(CC(NC(=O)C2(c3ccccc3)CCCCC2)C(=O)O)cc1. The van der Waals surface area contributed by atoms with Gasteiger partial charge >= 0.3 is 5.97 Å². The van der Waals surface area contributed by atoms with Crippen LogP contribution in [0.5, 0.6) is 5.75 Å². The molecule has 0 aromatic heterocycles. The second-order valence-electron chi connectivity index (χ2n) is 7.43. The monoisotopic (exact) mass is 381 g/mol. The van der Waals surface area contributed by atoms with Crippen LogP contribution < -0.4 is 10.1 Å². The Morgan fingerprint density at radius 2 is 1.68 bits per heavy atom. The van der Waals surface area contributed by atoms with Crippen molar-refractivity contribution in [2.45, 2.75) is 50.0 Å². The van der Waals surface area contributed by atoms with Gasteiger partial charge in [0.25, 0.3) is 0 Å². The fraction of sp³-hybridized carbons (Fsp3) is 0.391. The number of rotatable bonds is 7. The first-order valence-corrected chi connectivity index (χ1v) is 9.77. The average molecular weight is 381 g/mol. The van der Waals surface area contributed by atoms with E-state index in [1.807, 2.05) is 42.5 Å². The summed E-state index contributed by atoms with van der Waals surface area (Å²) in [6.07, 6.45) is 4.78. The lowest BCUT2D eigenvalue weighted by Gasteiger charge is -2.37. The van der Waals surface area contributed by atoms with Crippen LogP contribution >= 0.6 is 0 Å². The van der Waals surface area contributed by atoms with E-state index in [0.29, 0.717) is 5.75 Å². The molecule has 1 amide bonds. The van der Waals surface area contributed by atoms with Gasteiger partial charge in [0.15, 0.2) is 0 Å². The number of hydrogen-bond donors (Lipinski definition) is 2. The van der Waals surface area contributed by atoms with Crippen LogP contribution in [0.1, 0.15) is 43.2 Å². The summed E-state index contributed by atoms with van der Waals surface area (Å²) in [6, 6.07) is 16.0. The predicted octanol–water partition coefficient (Wildman–Crippen LogP) is 3.71. The Morgan fingerprint density at radius 1 is 1.04 bits per heavy atom. The summed E-state index contributed by atoms with van der Waals surface area (Å²) < 4.78 is 5.14. The summed E-state index contributed by atoms with van der Waals surface area (Å²) >= 11 is 0. The Labute approximate surface area is 165 Å². The highest BCUT2D eigenvalue weighted by molar-refractivity contribution is 5.91. The molecule has 28 heavy (non-hydrogen) atoms. The zero-order valence-corrected chi connectivity index (χ0v) is 16.2. The minimum Gasteiger partial charge on any atom is -0.497 e. The summed E-state index contributed by atoms with van der Waals surface area (Å²) in [4.78, 5) is 25.2. The molecule has 1 unspecified atom stereocenters. The Balaban J connectivity index is 1.80. The third kappa shape index (κ3) is 4.35. The lowest BCUT2D eigenvalue weighted by Crippen LogP contribution is -2.52. The van der Waals surface area contributed by atoms with Gasteiger partial charge in [-0.1, -0.05) is 61.7 Å². The maximum Gasteiger partial charge on any atom is 0.326 e. The van der Waals surface area contributed by atoms with Gasteiger partial charge in [0.1, 0.15) is 11.8 Å². The summed E-state index contributed by atoms with van der Waals surface area (Å²) in [6.45, 7) is 0. The highest BCUT2D eigenvalue weighted by Crippen LogP contribution is 2.39. The number of ether oxygens (including phenoxy) is 1. The first-order valence-electron chi connectivity index (χ1n) is 9.77. The van der Waals surface area contributed by atoms with Crippen molar-refractivity contribution in [3.8, 4) is 5.75 Å². The van der Waals surface area contributed by atoms with Crippen molar-refractivity contribution < 1.29 is 19.4 Å². The molecule has 2 N–H and O–H groups in total. The van der Waals surface area contributed by atoms with Crippen LogP contribution in [0.15, 0.2) is 54.6 Å². The maximum atomic E-state index is 13.3. The van der Waals surface area contributed by atoms with Crippen LogP contribution in [0.2, 0.25) is 0 Å². The number of aliphatic carboxylic acids is 1. The number of carboxylic acids is 1. The molecule has 1 fully saturated rings. The second-order valence-corrected chi connectivity index (χ2v) is 7.43. The van der Waals surface area contributed by atoms with Crippen LogP contribution in [-0.4, -0.2) is 30.1 Å². The Bertz CT molecular complexity index is 795. The average Bonchev–Trinajstić information content (AvgIpc) is 2.74. The van der Waals surface area contributed by atoms with E-state index in [0.717, 1.165) is 43.2 Å². The molecule has 5 nitrogen and oxygen atoms in total. The number of amides is 1. The second kappa shape index (κ2) is 8.91. The number of carbonyl (C=O) groups excluding carboxylic acids is 1. The highest BCUT2D eigenvalue weighted by Gasteiger charge is 2.42. The number of methoxy groups -OCH3 is 1. The molecule has 5 heteroatoms. The Hall–Kier alpha value is -2.82. The van der Waals surface area contributed by atoms with Gasteiger partial charge in [-0.25, -0.2) is 4.79 Å². The van der Waals surface area contributed by atoms with E-state index in [1.54, 1.807) is 19.2 Å². The zero-order chi connectivity index (χ0) is 20.0. The van der Waals surface area contributed by atoms with Gasteiger partial charge in [-0.2, -0.15) is 0 Å². The van der Waals surface area contributed by atoms with Crippen LogP contribution in [0.3, 0.4) is 0 Å². The van der Waals surface area contributed by atoms with Crippen molar-refractivity contribution in [2.24, 2.45) is 0 Å². The van der Waals surface area contributed by atoms with E-state index >= 15 is 0 Å². The standard InChI is InChI=1S/C23H27NO4/c1-28-19-12-10-17(11-13-19)16-20(21(25)26)24-22(27)23(14-6-3-7-15-23)18-8-4-2-5-9-18/h2,4-5,8-13,20H,3,6-7,14-16H2,1H3,(H,24,27)(H,25,26). The molecule has 1 saturated carbocycles. The molecule has 0 bridgehead atoms. The quantitative estimate of drug-likeness (QED) is 0.767. The van der Waals surface area contributed by atoms with E-state index < -0.39 is 17.4 Å². The first kappa shape index (κ1) is 19.9. The molecule has 0 aliphatic heterocycles. The molecule has 1 aliphatic rings. The fourth-order valence-electron chi connectivity index (χ4n) is 4.05. The number of hydrogen-bond acceptors (Lipinski definition) is 3. The summed E-state index contributed by atoms with van der Waals surface area (Å²) in [7, 11) is 1.59. The lowest BCUT2D eigenvalue weighted by atomic mass is 9.68. The van der Waals surface area contributed by atoms with Crippen LogP contribution in [0.25, 0.3) is 0 Å². The fourth-order valence-corrected chi connectivity index (χ4v) is 4.05. The van der Waals surface area contributed by atoms with Gasteiger partial charge in [-0.15, -0.1) is 0 Å². The number of nitrogens with one attached hydrogen (secondary N) is 1. The largest absolute Gasteiger partial charge is 0.497 e. The topological polar surface area (TPSA) is 75.6 Å². The summed E-state index contributed by atoms with van der Waals surface area (Å²) in [5, 5.41) is 12.5. The van der Waals surface area contributed by atoms with Crippen LogP contribution in [-0.2, 0) is 21.4 Å². The molecular formula is C23H27NO4. The third-order valence-corrected chi connectivity index (χ3v) is 5.67. The predicted molar refractivity (Wildman–Crippen MR) is 107 cm³/mol. The molecule has 1 atom stereocenters. The van der Waals surface area contributed by atoms with Crippen LogP contribution in [0.4, 0.5) is 0 Å². The molecule has 0 radical (unpaired) electrons. The molecule has 0 heterocycles. The Morgan fingerprint density at radius 3 is 2.25 bits per heavy atom. The summed E-state index contributed by atoms with van der Waals surface area (Å²) in [5.74, 6) is -0.493. The van der Waals surface area contributed by atoms with Gasteiger partial charge in [0.05, 0.1) is 12.5 Å². The maximum absolute atomic E-state index is 13.3. The van der Waals surface area contributed by atoms with Crippen LogP contribution in [0, 0.1) is 0 Å². The molecule has 148 valence electrons. The van der Waals surface area contributed by atoms with Gasteiger partial charge in [-0.05, 0) is 36.1 Å². The molecular weight excluding hydrogens is 354 g/mol. The van der Waals surface area contributed by atoms with Crippen molar-refractivity contribution in [1.82, 2.24) is 5.32 Å². The van der Waals surface area contributed by atoms with Gasteiger partial charge < -0.3 is 15.2 Å². The van der Waals surface area contributed by atoms with Gasteiger partial charge in [-0.3, -0.25) is 4.79 Å². The van der Waals surface area contributed by atoms with Crippen molar-refractivity contribution >= 4 is 11.9 Å². The lowest BCUT2D eigenvalue weighted by molar-refractivity contribution is -0.143. The Kier molecular flexibility index (Phi) is 6.34. The molecule has 2 aromatic carbocycles. The molecule has 1 aliphatic carbocycles. The number of benzene rings is 2. The summed E-state index contributed by atoms with van der Waals surface area (Å²) in [5.41, 5.74) is 1.17. The van der Waals surface area contributed by atoms with Crippen molar-refractivity contribution in [1.29, 1.82) is 0 Å². The minimum atomic E-state index is -1.02. The minimum absolute atomic E-state index is 0.181. The number of carbonyl (C=O) groups is 2. The molecule has 0 saturated heterocycles. The molecule has 3 rings (SSSR count). The number of carboxylic acid groups (broad SMARTS) is 1. The normalized spacial score (nSPS) is 16.8.